The summed E-state index contributed by atoms with van der Waals surface area (Å²) in [5, 5.41) is 3.47. The summed E-state index contributed by atoms with van der Waals surface area (Å²) in [6, 6.07) is 0.511. The Bertz CT molecular complexity index is 247. The topological polar surface area (TPSA) is 41.6 Å². The van der Waals surface area contributed by atoms with E-state index in [9.17, 15) is 4.79 Å². The molecule has 0 fully saturated rings. The molecule has 0 bridgehead atoms. The zero-order chi connectivity index (χ0) is 14.3. The minimum absolute atomic E-state index is 0.262. The molecule has 0 aliphatic heterocycles. The summed E-state index contributed by atoms with van der Waals surface area (Å²) >= 11 is 0. The Morgan fingerprint density at radius 1 is 1.33 bits per heavy atom. The van der Waals surface area contributed by atoms with Gasteiger partial charge in [-0.2, -0.15) is 0 Å². The summed E-state index contributed by atoms with van der Waals surface area (Å²) in [6.45, 7) is 13.7. The van der Waals surface area contributed by atoms with Gasteiger partial charge in [-0.15, -0.1) is 0 Å². The zero-order valence-corrected chi connectivity index (χ0v) is 13.0. The van der Waals surface area contributed by atoms with E-state index in [0.29, 0.717) is 18.5 Å². The molecular formula is C14H30N2O2. The van der Waals surface area contributed by atoms with Gasteiger partial charge in [0.05, 0.1) is 0 Å². The van der Waals surface area contributed by atoms with Crippen molar-refractivity contribution in [3.05, 3.63) is 0 Å². The maximum absolute atomic E-state index is 11.7. The van der Waals surface area contributed by atoms with E-state index in [2.05, 4.69) is 26.1 Å². The Morgan fingerprint density at radius 2 is 1.89 bits per heavy atom. The summed E-state index contributed by atoms with van der Waals surface area (Å²) in [5.74, 6) is 0.613. The number of carbonyl (C=O) groups excluding carboxylic acids is 1. The minimum atomic E-state index is -0.428. The summed E-state index contributed by atoms with van der Waals surface area (Å²) in [7, 11) is 1.77. The quantitative estimate of drug-likeness (QED) is 0.796. The van der Waals surface area contributed by atoms with Crippen LogP contribution in [0.1, 0.15) is 48.0 Å². The highest BCUT2D eigenvalue weighted by Crippen LogP contribution is 2.09. The summed E-state index contributed by atoms with van der Waals surface area (Å²) in [4.78, 5) is 13.3. The molecule has 1 N–H and O–H groups in total. The van der Waals surface area contributed by atoms with Gasteiger partial charge < -0.3 is 15.0 Å². The van der Waals surface area contributed by atoms with E-state index >= 15 is 0 Å². The summed E-state index contributed by atoms with van der Waals surface area (Å²) in [5.41, 5.74) is -0.428. The molecule has 0 heterocycles. The number of nitrogens with zero attached hydrogens (tertiary/aromatic N) is 1. The van der Waals surface area contributed by atoms with Crippen molar-refractivity contribution in [3.8, 4) is 0 Å². The highest BCUT2D eigenvalue weighted by atomic mass is 16.6. The molecule has 1 atom stereocenters. The van der Waals surface area contributed by atoms with Gasteiger partial charge in [0.1, 0.15) is 5.60 Å². The highest BCUT2D eigenvalue weighted by molar-refractivity contribution is 5.67. The van der Waals surface area contributed by atoms with Crippen LogP contribution in [0.2, 0.25) is 0 Å². The molecule has 0 saturated carbocycles. The molecule has 0 radical (unpaired) electrons. The number of ether oxygens (including phenoxy) is 1. The minimum Gasteiger partial charge on any atom is -0.444 e. The molecule has 0 rings (SSSR count). The van der Waals surface area contributed by atoms with Crippen molar-refractivity contribution in [2.45, 2.75) is 59.6 Å². The fourth-order valence-electron chi connectivity index (χ4n) is 1.70. The molecule has 1 unspecified atom stereocenters. The number of likely N-dealkylation sites (N-methyl/N-ethyl adjacent to an activating group) is 1. The van der Waals surface area contributed by atoms with Crippen LogP contribution in [0.15, 0.2) is 0 Å². The molecule has 1 amide bonds. The van der Waals surface area contributed by atoms with Crippen molar-refractivity contribution in [1.82, 2.24) is 10.2 Å². The van der Waals surface area contributed by atoms with E-state index in [1.165, 1.54) is 0 Å². The molecule has 0 aliphatic carbocycles. The molecular weight excluding hydrogens is 228 g/mol. The average Bonchev–Trinajstić information content (AvgIpc) is 2.20. The molecule has 0 aliphatic rings. The van der Waals surface area contributed by atoms with Crippen molar-refractivity contribution in [1.29, 1.82) is 0 Å². The zero-order valence-electron chi connectivity index (χ0n) is 13.0. The third kappa shape index (κ3) is 7.54. The first-order valence-electron chi connectivity index (χ1n) is 6.85. The van der Waals surface area contributed by atoms with Gasteiger partial charge in [0, 0.05) is 26.2 Å². The van der Waals surface area contributed by atoms with Crippen LogP contribution in [0.5, 0.6) is 0 Å². The SMILES string of the molecule is CCC(NCCN(C)C(=O)OC(C)(C)C)C(C)C. The maximum Gasteiger partial charge on any atom is 0.410 e. The molecule has 18 heavy (non-hydrogen) atoms. The van der Waals surface area contributed by atoms with Gasteiger partial charge in [-0.05, 0) is 33.1 Å². The van der Waals surface area contributed by atoms with Crippen LogP contribution in [0, 0.1) is 5.92 Å². The maximum atomic E-state index is 11.7. The number of nitrogens with one attached hydrogen (secondary N) is 1. The van der Waals surface area contributed by atoms with Gasteiger partial charge in [0.2, 0.25) is 0 Å². The fourth-order valence-corrected chi connectivity index (χ4v) is 1.70. The Hall–Kier alpha value is -0.770. The van der Waals surface area contributed by atoms with Crippen LogP contribution >= 0.6 is 0 Å². The van der Waals surface area contributed by atoms with E-state index in [1.807, 2.05) is 20.8 Å². The van der Waals surface area contributed by atoms with Crippen LogP contribution in [0.4, 0.5) is 4.79 Å². The number of carbonyl (C=O) groups is 1. The van der Waals surface area contributed by atoms with Crippen LogP contribution in [-0.2, 0) is 4.74 Å². The van der Waals surface area contributed by atoms with Crippen molar-refractivity contribution in [3.63, 3.8) is 0 Å². The largest absolute Gasteiger partial charge is 0.444 e. The third-order valence-electron chi connectivity index (χ3n) is 2.80. The van der Waals surface area contributed by atoms with Crippen LogP contribution < -0.4 is 5.32 Å². The second kappa shape index (κ2) is 7.62. The second-order valence-electron chi connectivity index (χ2n) is 6.11. The lowest BCUT2D eigenvalue weighted by Gasteiger charge is -2.26. The van der Waals surface area contributed by atoms with E-state index in [-0.39, 0.29) is 6.09 Å². The summed E-state index contributed by atoms with van der Waals surface area (Å²) in [6.07, 6.45) is 0.843. The molecule has 0 spiro atoms. The van der Waals surface area contributed by atoms with Gasteiger partial charge in [0.25, 0.3) is 0 Å². The molecule has 0 aromatic heterocycles. The van der Waals surface area contributed by atoms with Crippen molar-refractivity contribution in [2.75, 3.05) is 20.1 Å². The van der Waals surface area contributed by atoms with Gasteiger partial charge >= 0.3 is 6.09 Å². The Morgan fingerprint density at radius 3 is 2.28 bits per heavy atom. The van der Waals surface area contributed by atoms with E-state index in [4.69, 9.17) is 4.74 Å². The van der Waals surface area contributed by atoms with Crippen molar-refractivity contribution >= 4 is 6.09 Å². The first-order chi connectivity index (χ1) is 8.17. The number of hydrogen-bond donors (Lipinski definition) is 1. The number of rotatable bonds is 6. The predicted molar refractivity (Wildman–Crippen MR) is 75.8 cm³/mol. The third-order valence-corrected chi connectivity index (χ3v) is 2.80. The first-order valence-corrected chi connectivity index (χ1v) is 6.85. The normalized spacial score (nSPS) is 13.6. The second-order valence-corrected chi connectivity index (χ2v) is 6.11. The average molecular weight is 258 g/mol. The van der Waals surface area contributed by atoms with Crippen LogP contribution in [0.25, 0.3) is 0 Å². The lowest BCUT2D eigenvalue weighted by molar-refractivity contribution is 0.0299. The smallest absolute Gasteiger partial charge is 0.410 e. The molecule has 108 valence electrons. The van der Waals surface area contributed by atoms with Gasteiger partial charge in [-0.3, -0.25) is 0 Å². The lowest BCUT2D eigenvalue weighted by atomic mass is 10.0. The van der Waals surface area contributed by atoms with Crippen molar-refractivity contribution in [2.24, 2.45) is 5.92 Å². The molecule has 0 aromatic rings. The Labute approximate surface area is 112 Å². The number of hydrogen-bond acceptors (Lipinski definition) is 3. The highest BCUT2D eigenvalue weighted by Gasteiger charge is 2.19. The van der Waals surface area contributed by atoms with E-state index < -0.39 is 5.60 Å². The summed E-state index contributed by atoms with van der Waals surface area (Å²) < 4.78 is 5.29. The lowest BCUT2D eigenvalue weighted by Crippen LogP contribution is -2.41. The van der Waals surface area contributed by atoms with Gasteiger partial charge in [0.15, 0.2) is 0 Å². The van der Waals surface area contributed by atoms with Crippen molar-refractivity contribution < 1.29 is 9.53 Å². The van der Waals surface area contributed by atoms with Gasteiger partial charge in [-0.1, -0.05) is 20.8 Å². The fraction of sp³-hybridized carbons (Fsp3) is 0.929. The van der Waals surface area contributed by atoms with Crippen LogP contribution in [-0.4, -0.2) is 42.8 Å². The van der Waals surface area contributed by atoms with E-state index in [0.717, 1.165) is 13.0 Å². The van der Waals surface area contributed by atoms with Crippen LogP contribution in [0.3, 0.4) is 0 Å². The number of amides is 1. The molecule has 0 saturated heterocycles. The first kappa shape index (κ1) is 17.2. The van der Waals surface area contributed by atoms with Gasteiger partial charge in [-0.25, -0.2) is 4.79 Å². The molecule has 0 aromatic carbocycles. The molecule has 4 heteroatoms. The molecule has 4 nitrogen and oxygen atoms in total. The predicted octanol–water partition coefficient (Wildman–Crippen LogP) is 2.88. The Kier molecular flexibility index (Phi) is 7.29. The Balaban J connectivity index is 3.96. The standard InChI is InChI=1S/C14H30N2O2/c1-8-12(11(2)3)15-9-10-16(7)13(17)18-14(4,5)6/h11-12,15H,8-10H2,1-7H3. The van der Waals surface area contributed by atoms with E-state index in [1.54, 1.807) is 11.9 Å². The monoisotopic (exact) mass is 258 g/mol.